The number of halogens is 2. The summed E-state index contributed by atoms with van der Waals surface area (Å²) in [6.45, 7) is 1.41. The van der Waals surface area contributed by atoms with Crippen molar-refractivity contribution in [3.63, 3.8) is 0 Å². The normalized spacial score (nSPS) is 10.1. The predicted molar refractivity (Wildman–Crippen MR) is 63.3 cm³/mol. The highest BCUT2D eigenvalue weighted by Crippen LogP contribution is 2.16. The van der Waals surface area contributed by atoms with Crippen LogP contribution in [0.1, 0.15) is 17.3 Å². The van der Waals surface area contributed by atoms with Crippen LogP contribution in [0, 0.1) is 5.82 Å². The van der Waals surface area contributed by atoms with E-state index in [1.54, 1.807) is 6.92 Å². The second kappa shape index (κ2) is 5.77. The van der Waals surface area contributed by atoms with E-state index in [1.165, 1.54) is 18.2 Å². The number of nitrogens with zero attached hydrogens (tertiary/aromatic N) is 1. The van der Waals surface area contributed by atoms with Gasteiger partial charge in [-0.2, -0.15) is 0 Å². The minimum atomic E-state index is -1.13. The minimum absolute atomic E-state index is 0.128. The van der Waals surface area contributed by atoms with Crippen molar-refractivity contribution < 1.29 is 19.1 Å². The van der Waals surface area contributed by atoms with Gasteiger partial charge < -0.3 is 10.0 Å². The van der Waals surface area contributed by atoms with Crippen molar-refractivity contribution in [2.45, 2.75) is 6.92 Å². The maximum absolute atomic E-state index is 13.5. The van der Waals surface area contributed by atoms with Gasteiger partial charge in [0.1, 0.15) is 12.4 Å². The van der Waals surface area contributed by atoms with Crippen molar-refractivity contribution in [2.24, 2.45) is 0 Å². The molecule has 0 bridgehead atoms. The van der Waals surface area contributed by atoms with Crippen LogP contribution in [-0.4, -0.2) is 35.0 Å². The summed E-state index contributed by atoms with van der Waals surface area (Å²) < 4.78 is 14.0. The second-order valence-corrected chi connectivity index (χ2v) is 4.25. The third-order valence-corrected chi connectivity index (χ3v) is 2.65. The van der Waals surface area contributed by atoms with Crippen LogP contribution in [-0.2, 0) is 4.79 Å². The number of rotatable bonds is 4. The fourth-order valence-electron chi connectivity index (χ4n) is 1.32. The van der Waals surface area contributed by atoms with Crippen molar-refractivity contribution in [3.8, 4) is 0 Å². The topological polar surface area (TPSA) is 57.6 Å². The molecule has 0 radical (unpaired) electrons. The molecule has 1 aromatic carbocycles. The van der Waals surface area contributed by atoms with Gasteiger partial charge in [-0.05, 0) is 25.1 Å². The van der Waals surface area contributed by atoms with Crippen LogP contribution < -0.4 is 0 Å². The molecule has 0 spiro atoms. The number of carboxylic acid groups (broad SMARTS) is 1. The third-order valence-electron chi connectivity index (χ3n) is 2.16. The molecule has 1 aromatic rings. The van der Waals surface area contributed by atoms with Crippen LogP contribution in [0.3, 0.4) is 0 Å². The van der Waals surface area contributed by atoms with E-state index in [-0.39, 0.29) is 12.1 Å². The Morgan fingerprint density at radius 3 is 2.59 bits per heavy atom. The molecular formula is C11H11BrFNO3. The smallest absolute Gasteiger partial charge is 0.323 e. The maximum atomic E-state index is 13.5. The average Bonchev–Trinajstić information content (AvgIpc) is 2.24. The molecule has 0 aromatic heterocycles. The van der Waals surface area contributed by atoms with Crippen LogP contribution in [0.15, 0.2) is 22.7 Å². The number of amides is 1. The molecule has 0 heterocycles. The van der Waals surface area contributed by atoms with Gasteiger partial charge in [0.05, 0.1) is 5.56 Å². The lowest BCUT2D eigenvalue weighted by molar-refractivity contribution is -0.137. The average molecular weight is 304 g/mol. The standard InChI is InChI=1S/C11H11BrFNO3/c1-2-14(6-10(15)16)11(17)8-4-3-7(12)5-9(8)13/h3-5H,2,6H2,1H3,(H,15,16). The predicted octanol–water partition coefficient (Wildman–Crippen LogP) is 2.13. The largest absolute Gasteiger partial charge is 0.480 e. The van der Waals surface area contributed by atoms with E-state index in [0.717, 1.165) is 4.90 Å². The first-order valence-electron chi connectivity index (χ1n) is 4.91. The molecule has 1 rings (SSSR count). The molecule has 0 saturated carbocycles. The van der Waals surface area contributed by atoms with E-state index in [0.29, 0.717) is 4.47 Å². The van der Waals surface area contributed by atoms with E-state index in [9.17, 15) is 14.0 Å². The van der Waals surface area contributed by atoms with Crippen LogP contribution in [0.5, 0.6) is 0 Å². The zero-order valence-electron chi connectivity index (χ0n) is 9.11. The molecule has 6 heteroatoms. The summed E-state index contributed by atoms with van der Waals surface area (Å²) in [4.78, 5) is 23.5. The first-order valence-corrected chi connectivity index (χ1v) is 5.71. The Labute approximate surface area is 106 Å². The molecule has 0 atom stereocenters. The summed E-state index contributed by atoms with van der Waals surface area (Å²) in [6, 6.07) is 4.03. The molecule has 0 aliphatic rings. The van der Waals surface area contributed by atoms with Gasteiger partial charge in [-0.1, -0.05) is 15.9 Å². The molecule has 92 valence electrons. The molecular weight excluding hydrogens is 293 g/mol. The highest BCUT2D eigenvalue weighted by atomic mass is 79.9. The Morgan fingerprint density at radius 1 is 1.47 bits per heavy atom. The summed E-state index contributed by atoms with van der Waals surface area (Å²) in [5, 5.41) is 8.63. The maximum Gasteiger partial charge on any atom is 0.323 e. The zero-order chi connectivity index (χ0) is 13.0. The summed E-state index contributed by atoms with van der Waals surface area (Å²) in [5.74, 6) is -2.43. The fourth-order valence-corrected chi connectivity index (χ4v) is 1.66. The zero-order valence-corrected chi connectivity index (χ0v) is 10.7. The molecule has 1 N–H and O–H groups in total. The lowest BCUT2D eigenvalue weighted by Crippen LogP contribution is -2.35. The van der Waals surface area contributed by atoms with E-state index in [1.807, 2.05) is 0 Å². The Hall–Kier alpha value is -1.43. The van der Waals surface area contributed by atoms with Crippen molar-refractivity contribution in [1.29, 1.82) is 0 Å². The number of hydrogen-bond donors (Lipinski definition) is 1. The fraction of sp³-hybridized carbons (Fsp3) is 0.273. The van der Waals surface area contributed by atoms with E-state index in [4.69, 9.17) is 5.11 Å². The number of likely N-dealkylation sites (N-methyl/N-ethyl adjacent to an activating group) is 1. The molecule has 17 heavy (non-hydrogen) atoms. The molecule has 4 nitrogen and oxygen atoms in total. The lowest BCUT2D eigenvalue weighted by Gasteiger charge is -2.18. The Bertz CT molecular complexity index is 450. The first-order chi connectivity index (χ1) is 7.95. The van der Waals surface area contributed by atoms with Crippen molar-refractivity contribution in [3.05, 3.63) is 34.1 Å². The Kier molecular flexibility index (Phi) is 4.62. The van der Waals surface area contributed by atoms with Crippen molar-refractivity contribution in [1.82, 2.24) is 4.90 Å². The van der Waals surface area contributed by atoms with Crippen LogP contribution in [0.25, 0.3) is 0 Å². The summed E-state index contributed by atoms with van der Waals surface area (Å²) in [7, 11) is 0. The lowest BCUT2D eigenvalue weighted by atomic mass is 10.2. The van der Waals surface area contributed by atoms with Gasteiger partial charge in [-0.3, -0.25) is 9.59 Å². The minimum Gasteiger partial charge on any atom is -0.480 e. The Morgan fingerprint density at radius 2 is 2.12 bits per heavy atom. The molecule has 0 aliphatic carbocycles. The van der Waals surface area contributed by atoms with Gasteiger partial charge in [0, 0.05) is 11.0 Å². The molecule has 1 amide bonds. The van der Waals surface area contributed by atoms with Crippen LogP contribution in [0.2, 0.25) is 0 Å². The molecule has 0 saturated heterocycles. The number of carbonyl (C=O) groups is 2. The SMILES string of the molecule is CCN(CC(=O)O)C(=O)c1ccc(Br)cc1F. The van der Waals surface area contributed by atoms with Gasteiger partial charge in [0.2, 0.25) is 0 Å². The molecule has 0 unspecified atom stereocenters. The van der Waals surface area contributed by atoms with Gasteiger partial charge >= 0.3 is 5.97 Å². The summed E-state index contributed by atoms with van der Waals surface area (Å²) >= 11 is 3.08. The van der Waals surface area contributed by atoms with Gasteiger partial charge in [-0.25, -0.2) is 4.39 Å². The van der Waals surface area contributed by atoms with Crippen LogP contribution in [0.4, 0.5) is 4.39 Å². The second-order valence-electron chi connectivity index (χ2n) is 3.34. The number of carbonyl (C=O) groups excluding carboxylic acids is 1. The van der Waals surface area contributed by atoms with Crippen LogP contribution >= 0.6 is 15.9 Å². The number of benzene rings is 1. The van der Waals surface area contributed by atoms with E-state index in [2.05, 4.69) is 15.9 Å². The van der Waals surface area contributed by atoms with E-state index >= 15 is 0 Å². The van der Waals surface area contributed by atoms with Crippen molar-refractivity contribution >= 4 is 27.8 Å². The van der Waals surface area contributed by atoms with Gasteiger partial charge in [0.25, 0.3) is 5.91 Å². The summed E-state index contributed by atoms with van der Waals surface area (Å²) in [5.41, 5.74) is -0.128. The first kappa shape index (κ1) is 13.6. The monoisotopic (exact) mass is 303 g/mol. The van der Waals surface area contributed by atoms with E-state index < -0.39 is 24.2 Å². The number of aliphatic carboxylic acids is 1. The highest BCUT2D eigenvalue weighted by molar-refractivity contribution is 9.10. The van der Waals surface area contributed by atoms with Gasteiger partial charge in [0.15, 0.2) is 0 Å². The molecule has 0 fully saturated rings. The quantitative estimate of drug-likeness (QED) is 0.927. The molecule has 0 aliphatic heterocycles. The third kappa shape index (κ3) is 3.52. The number of carboxylic acids is 1. The highest BCUT2D eigenvalue weighted by Gasteiger charge is 2.19. The van der Waals surface area contributed by atoms with Gasteiger partial charge in [-0.15, -0.1) is 0 Å². The Balaban J connectivity index is 2.97. The van der Waals surface area contributed by atoms with Crippen molar-refractivity contribution in [2.75, 3.05) is 13.1 Å². The summed E-state index contributed by atoms with van der Waals surface area (Å²) in [6.07, 6.45) is 0. The number of hydrogen-bond acceptors (Lipinski definition) is 2.